The third kappa shape index (κ3) is 1.41. The van der Waals surface area contributed by atoms with Gasteiger partial charge >= 0.3 is 0 Å². The summed E-state index contributed by atoms with van der Waals surface area (Å²) in [5.41, 5.74) is 4.60. The van der Waals surface area contributed by atoms with Crippen LogP contribution in [0, 0.1) is 0 Å². The first kappa shape index (κ1) is 12.2. The molecular formula is C22H13NO. The third-order valence-electron chi connectivity index (χ3n) is 5.00. The van der Waals surface area contributed by atoms with Crippen LogP contribution in [0.5, 0.6) is 11.5 Å². The molecule has 1 aliphatic heterocycles. The zero-order chi connectivity index (χ0) is 15.7. The fourth-order valence-corrected chi connectivity index (χ4v) is 3.94. The van der Waals surface area contributed by atoms with Gasteiger partial charge in [0.05, 0.1) is 5.52 Å². The topological polar surface area (TPSA) is 25.0 Å². The van der Waals surface area contributed by atoms with Crippen molar-refractivity contribution in [2.24, 2.45) is 0 Å². The minimum atomic E-state index is 0.926. The summed E-state index contributed by atoms with van der Waals surface area (Å²) in [5, 5.41) is 4.85. The second kappa shape index (κ2) is 4.18. The maximum atomic E-state index is 6.36. The van der Waals surface area contributed by atoms with Crippen LogP contribution in [0.2, 0.25) is 0 Å². The van der Waals surface area contributed by atoms with Crippen LogP contribution >= 0.6 is 0 Å². The molecule has 0 bridgehead atoms. The zero-order valence-electron chi connectivity index (χ0n) is 12.8. The second-order valence-electron chi connectivity index (χ2n) is 6.30. The van der Waals surface area contributed by atoms with Crippen LogP contribution in [-0.4, -0.2) is 4.98 Å². The Balaban J connectivity index is 1.80. The van der Waals surface area contributed by atoms with Crippen LogP contribution in [0.3, 0.4) is 0 Å². The van der Waals surface area contributed by atoms with Crippen LogP contribution in [0.1, 0.15) is 0 Å². The minimum absolute atomic E-state index is 0.926. The predicted octanol–water partition coefficient (Wildman–Crippen LogP) is 6.25. The number of aromatic nitrogens is 1. The Morgan fingerprint density at radius 2 is 1.54 bits per heavy atom. The van der Waals surface area contributed by atoms with Crippen LogP contribution in [0.4, 0.5) is 0 Å². The fraction of sp³-hybridized carbons (Fsp3) is 0. The van der Waals surface area contributed by atoms with Crippen molar-refractivity contribution in [2.75, 3.05) is 0 Å². The van der Waals surface area contributed by atoms with Crippen molar-refractivity contribution >= 4 is 32.6 Å². The standard InChI is InChI=1S/C22H13NO/c1-2-9-18-14(7-1)16-11-12-17-15-8-3-5-13-6-4-10-19(20(13)15)24-22(17)21(16)23-18/h1-12,23H. The summed E-state index contributed by atoms with van der Waals surface area (Å²) in [6.45, 7) is 0. The van der Waals surface area contributed by atoms with E-state index in [4.69, 9.17) is 4.74 Å². The molecule has 0 amide bonds. The average Bonchev–Trinajstić information content (AvgIpc) is 3.01. The van der Waals surface area contributed by atoms with Crippen LogP contribution in [0.25, 0.3) is 43.7 Å². The Hall–Kier alpha value is -3.26. The second-order valence-corrected chi connectivity index (χ2v) is 6.30. The molecule has 112 valence electrons. The number of H-pyrrole nitrogens is 1. The van der Waals surface area contributed by atoms with E-state index in [0.29, 0.717) is 0 Å². The molecule has 1 aromatic heterocycles. The highest BCUT2D eigenvalue weighted by Gasteiger charge is 2.22. The molecule has 5 aromatic rings. The SMILES string of the molecule is c1cc2c3c(cccc3c1)-c1ccc3c([nH]c4ccccc43)c1O2. The van der Waals surface area contributed by atoms with E-state index in [2.05, 4.69) is 77.8 Å². The van der Waals surface area contributed by atoms with Crippen molar-refractivity contribution in [1.82, 2.24) is 4.98 Å². The lowest BCUT2D eigenvalue weighted by Gasteiger charge is -2.21. The van der Waals surface area contributed by atoms with Crippen molar-refractivity contribution in [1.29, 1.82) is 0 Å². The Morgan fingerprint density at radius 3 is 2.50 bits per heavy atom. The van der Waals surface area contributed by atoms with Gasteiger partial charge in [-0.05, 0) is 29.1 Å². The summed E-state index contributed by atoms with van der Waals surface area (Å²) >= 11 is 0. The number of benzene rings is 4. The van der Waals surface area contributed by atoms with Gasteiger partial charge in [-0.1, -0.05) is 54.6 Å². The van der Waals surface area contributed by atoms with E-state index in [0.717, 1.165) is 28.1 Å². The molecule has 0 saturated heterocycles. The predicted molar refractivity (Wildman–Crippen MR) is 98.8 cm³/mol. The molecule has 0 radical (unpaired) electrons. The maximum Gasteiger partial charge on any atom is 0.159 e. The van der Waals surface area contributed by atoms with Crippen molar-refractivity contribution < 1.29 is 4.74 Å². The molecule has 0 atom stereocenters. The number of para-hydroxylation sites is 1. The van der Waals surface area contributed by atoms with Crippen molar-refractivity contribution in [3.05, 3.63) is 72.8 Å². The Morgan fingerprint density at radius 1 is 0.667 bits per heavy atom. The van der Waals surface area contributed by atoms with Gasteiger partial charge in [0.15, 0.2) is 5.75 Å². The van der Waals surface area contributed by atoms with Crippen molar-refractivity contribution in [3.63, 3.8) is 0 Å². The van der Waals surface area contributed by atoms with Gasteiger partial charge in [-0.15, -0.1) is 0 Å². The van der Waals surface area contributed by atoms with E-state index in [1.54, 1.807) is 0 Å². The quantitative estimate of drug-likeness (QED) is 0.352. The lowest BCUT2D eigenvalue weighted by Crippen LogP contribution is -1.97. The highest BCUT2D eigenvalue weighted by Crippen LogP contribution is 2.49. The molecule has 1 N–H and O–H groups in total. The third-order valence-corrected chi connectivity index (χ3v) is 5.00. The first-order valence-corrected chi connectivity index (χ1v) is 8.13. The average molecular weight is 307 g/mol. The first-order valence-electron chi connectivity index (χ1n) is 8.13. The highest BCUT2D eigenvalue weighted by molar-refractivity contribution is 6.14. The smallest absolute Gasteiger partial charge is 0.159 e. The number of nitrogens with one attached hydrogen (secondary N) is 1. The van der Waals surface area contributed by atoms with E-state index in [1.807, 2.05) is 0 Å². The molecule has 2 heterocycles. The number of hydrogen-bond donors (Lipinski definition) is 1. The van der Waals surface area contributed by atoms with Crippen LogP contribution in [-0.2, 0) is 0 Å². The van der Waals surface area contributed by atoms with Crippen molar-refractivity contribution in [3.8, 4) is 22.6 Å². The van der Waals surface area contributed by atoms with E-state index in [9.17, 15) is 0 Å². The molecule has 24 heavy (non-hydrogen) atoms. The Kier molecular flexibility index (Phi) is 2.12. The normalized spacial score (nSPS) is 12.5. The summed E-state index contributed by atoms with van der Waals surface area (Å²) in [4.78, 5) is 3.54. The fourth-order valence-electron chi connectivity index (χ4n) is 3.94. The van der Waals surface area contributed by atoms with E-state index < -0.39 is 0 Å². The van der Waals surface area contributed by atoms with E-state index in [1.165, 1.54) is 27.1 Å². The summed E-state index contributed by atoms with van der Waals surface area (Å²) in [5.74, 6) is 1.86. The summed E-state index contributed by atoms with van der Waals surface area (Å²) in [6, 6.07) is 25.5. The maximum absolute atomic E-state index is 6.36. The van der Waals surface area contributed by atoms with Gasteiger partial charge in [0, 0.05) is 27.2 Å². The molecule has 2 heteroatoms. The first-order chi connectivity index (χ1) is 11.9. The Labute approximate surface area is 138 Å². The molecule has 4 aromatic carbocycles. The minimum Gasteiger partial charge on any atom is -0.454 e. The molecule has 2 nitrogen and oxygen atoms in total. The number of fused-ring (bicyclic) bond motifs is 6. The summed E-state index contributed by atoms with van der Waals surface area (Å²) in [6.07, 6.45) is 0. The number of hydrogen-bond acceptors (Lipinski definition) is 1. The molecular weight excluding hydrogens is 294 g/mol. The highest BCUT2D eigenvalue weighted by atomic mass is 16.5. The Bertz CT molecular complexity index is 1270. The van der Waals surface area contributed by atoms with E-state index >= 15 is 0 Å². The van der Waals surface area contributed by atoms with Gasteiger partial charge < -0.3 is 9.72 Å². The summed E-state index contributed by atoms with van der Waals surface area (Å²) in [7, 11) is 0. The molecule has 0 unspecified atom stereocenters. The van der Waals surface area contributed by atoms with Gasteiger partial charge in [-0.25, -0.2) is 0 Å². The molecule has 0 fully saturated rings. The van der Waals surface area contributed by atoms with Gasteiger partial charge in [0.2, 0.25) is 0 Å². The summed E-state index contributed by atoms with van der Waals surface area (Å²) < 4.78 is 6.36. The van der Waals surface area contributed by atoms with Crippen LogP contribution < -0.4 is 4.74 Å². The van der Waals surface area contributed by atoms with Crippen LogP contribution in [0.15, 0.2) is 72.8 Å². The lowest BCUT2D eigenvalue weighted by molar-refractivity contribution is 0.492. The van der Waals surface area contributed by atoms with Crippen molar-refractivity contribution in [2.45, 2.75) is 0 Å². The van der Waals surface area contributed by atoms with Gasteiger partial charge in [0.25, 0.3) is 0 Å². The molecule has 6 rings (SSSR count). The molecule has 0 saturated carbocycles. The number of rotatable bonds is 0. The molecule has 1 aliphatic rings. The molecule has 0 spiro atoms. The monoisotopic (exact) mass is 307 g/mol. The largest absolute Gasteiger partial charge is 0.454 e. The van der Waals surface area contributed by atoms with E-state index in [-0.39, 0.29) is 0 Å². The van der Waals surface area contributed by atoms with Gasteiger partial charge in [0.1, 0.15) is 5.75 Å². The number of ether oxygens (including phenoxy) is 1. The van der Waals surface area contributed by atoms with Gasteiger partial charge in [-0.2, -0.15) is 0 Å². The lowest BCUT2D eigenvalue weighted by atomic mass is 9.94. The zero-order valence-corrected chi connectivity index (χ0v) is 12.8. The molecule has 0 aliphatic carbocycles. The number of aromatic amines is 1. The van der Waals surface area contributed by atoms with Gasteiger partial charge in [-0.3, -0.25) is 0 Å².